The Morgan fingerprint density at radius 2 is 2.12 bits per heavy atom. The second kappa shape index (κ2) is 9.15. The van der Waals surface area contributed by atoms with Crippen LogP contribution in [-0.4, -0.2) is 52.0 Å². The van der Waals surface area contributed by atoms with Crippen LogP contribution in [0.4, 0.5) is 0 Å². The van der Waals surface area contributed by atoms with Crippen molar-refractivity contribution in [2.45, 2.75) is 19.5 Å². The van der Waals surface area contributed by atoms with Gasteiger partial charge >= 0.3 is 0 Å². The fraction of sp³-hybridized carbons (Fsp3) is 0.438. The zero-order chi connectivity index (χ0) is 16.9. The van der Waals surface area contributed by atoms with Gasteiger partial charge in [0.2, 0.25) is 5.89 Å². The lowest BCUT2D eigenvalue weighted by atomic mass is 10.2. The molecule has 1 aliphatic rings. The summed E-state index contributed by atoms with van der Waals surface area (Å²) < 4.78 is 5.03. The summed E-state index contributed by atoms with van der Waals surface area (Å²) in [7, 11) is 0. The highest BCUT2D eigenvalue weighted by Crippen LogP contribution is 2.15. The lowest BCUT2D eigenvalue weighted by Gasteiger charge is -2.21. The van der Waals surface area contributed by atoms with E-state index in [0.717, 1.165) is 26.1 Å². The SMILES string of the molecule is Cl.NCc1nc(CN2CCCN(C(=O)c3cccc(Cl)c3)CC2)no1. The molecule has 1 amide bonds. The van der Waals surface area contributed by atoms with Crippen molar-refractivity contribution in [2.24, 2.45) is 5.73 Å². The number of nitrogens with two attached hydrogens (primary N) is 1. The van der Waals surface area contributed by atoms with E-state index in [1.54, 1.807) is 24.3 Å². The van der Waals surface area contributed by atoms with Gasteiger partial charge in [0.05, 0.1) is 13.1 Å². The van der Waals surface area contributed by atoms with Crippen LogP contribution < -0.4 is 5.73 Å². The first-order valence-electron chi connectivity index (χ1n) is 7.94. The lowest BCUT2D eigenvalue weighted by Crippen LogP contribution is -2.35. The molecule has 0 saturated carbocycles. The van der Waals surface area contributed by atoms with E-state index in [-0.39, 0.29) is 24.9 Å². The first-order chi connectivity index (χ1) is 11.7. The topological polar surface area (TPSA) is 88.5 Å². The number of hydrogen-bond acceptors (Lipinski definition) is 6. The Morgan fingerprint density at radius 1 is 1.28 bits per heavy atom. The van der Waals surface area contributed by atoms with Gasteiger partial charge in [0.1, 0.15) is 0 Å². The third-order valence-corrected chi connectivity index (χ3v) is 4.23. The second-order valence-electron chi connectivity index (χ2n) is 5.74. The molecule has 3 rings (SSSR count). The minimum absolute atomic E-state index is 0. The van der Waals surface area contributed by atoms with E-state index < -0.39 is 0 Å². The quantitative estimate of drug-likeness (QED) is 0.864. The van der Waals surface area contributed by atoms with Crippen molar-refractivity contribution in [3.05, 3.63) is 46.6 Å². The van der Waals surface area contributed by atoms with Crippen LogP contribution in [0, 0.1) is 0 Å². The molecule has 0 atom stereocenters. The first-order valence-corrected chi connectivity index (χ1v) is 8.32. The van der Waals surface area contributed by atoms with Crippen molar-refractivity contribution in [3.8, 4) is 0 Å². The summed E-state index contributed by atoms with van der Waals surface area (Å²) in [5.41, 5.74) is 6.10. The molecule has 136 valence electrons. The molecule has 1 saturated heterocycles. The molecular weight excluding hydrogens is 365 g/mol. The monoisotopic (exact) mass is 385 g/mol. The molecule has 25 heavy (non-hydrogen) atoms. The van der Waals surface area contributed by atoms with Gasteiger partial charge in [-0.3, -0.25) is 9.69 Å². The normalized spacial score (nSPS) is 15.5. The Balaban J connectivity index is 0.00000225. The van der Waals surface area contributed by atoms with Crippen LogP contribution in [0.25, 0.3) is 0 Å². The fourth-order valence-corrected chi connectivity index (χ4v) is 2.96. The van der Waals surface area contributed by atoms with Gasteiger partial charge < -0.3 is 15.2 Å². The molecule has 0 spiro atoms. The number of carbonyl (C=O) groups is 1. The molecule has 1 aromatic heterocycles. The van der Waals surface area contributed by atoms with E-state index in [2.05, 4.69) is 15.0 Å². The zero-order valence-electron chi connectivity index (χ0n) is 13.7. The minimum atomic E-state index is 0. The predicted molar refractivity (Wildman–Crippen MR) is 96.7 cm³/mol. The summed E-state index contributed by atoms with van der Waals surface area (Å²) in [5, 5.41) is 4.49. The molecule has 1 aliphatic heterocycles. The van der Waals surface area contributed by atoms with Crippen molar-refractivity contribution in [1.82, 2.24) is 19.9 Å². The summed E-state index contributed by atoms with van der Waals surface area (Å²) in [6, 6.07) is 7.07. The average molecular weight is 386 g/mol. The molecule has 1 fully saturated rings. The molecule has 9 heteroatoms. The van der Waals surface area contributed by atoms with Gasteiger partial charge in [-0.15, -0.1) is 12.4 Å². The summed E-state index contributed by atoms with van der Waals surface area (Å²) in [4.78, 5) is 20.9. The smallest absolute Gasteiger partial charge is 0.253 e. The molecule has 0 aliphatic carbocycles. The van der Waals surface area contributed by atoms with Gasteiger partial charge in [-0.1, -0.05) is 22.8 Å². The van der Waals surface area contributed by atoms with Crippen LogP contribution in [0.5, 0.6) is 0 Å². The molecular formula is C16H21Cl2N5O2. The van der Waals surface area contributed by atoms with Crippen molar-refractivity contribution < 1.29 is 9.32 Å². The van der Waals surface area contributed by atoms with Crippen molar-refractivity contribution in [1.29, 1.82) is 0 Å². The summed E-state index contributed by atoms with van der Waals surface area (Å²) in [5.74, 6) is 1.09. The maximum absolute atomic E-state index is 12.6. The van der Waals surface area contributed by atoms with Crippen LogP contribution in [-0.2, 0) is 13.1 Å². The number of halogens is 2. The lowest BCUT2D eigenvalue weighted by molar-refractivity contribution is 0.0761. The Morgan fingerprint density at radius 3 is 2.84 bits per heavy atom. The summed E-state index contributed by atoms with van der Waals surface area (Å²) in [6.07, 6.45) is 0.897. The highest BCUT2D eigenvalue weighted by atomic mass is 35.5. The Kier molecular flexibility index (Phi) is 7.19. The van der Waals surface area contributed by atoms with Crippen molar-refractivity contribution in [3.63, 3.8) is 0 Å². The van der Waals surface area contributed by atoms with Gasteiger partial charge in [-0.2, -0.15) is 4.98 Å². The largest absolute Gasteiger partial charge is 0.338 e. The van der Waals surface area contributed by atoms with Crippen LogP contribution in [0.2, 0.25) is 5.02 Å². The molecule has 2 aromatic rings. The molecule has 0 bridgehead atoms. The van der Waals surface area contributed by atoms with E-state index in [1.807, 2.05) is 4.90 Å². The number of amides is 1. The summed E-state index contributed by atoms with van der Waals surface area (Å²) in [6.45, 7) is 3.87. The molecule has 1 aromatic carbocycles. The van der Waals surface area contributed by atoms with Crippen molar-refractivity contribution in [2.75, 3.05) is 26.2 Å². The van der Waals surface area contributed by atoms with Crippen LogP contribution in [0.15, 0.2) is 28.8 Å². The van der Waals surface area contributed by atoms with Gasteiger partial charge in [0.25, 0.3) is 5.91 Å². The molecule has 2 N–H and O–H groups in total. The highest BCUT2D eigenvalue weighted by molar-refractivity contribution is 6.30. The number of aromatic nitrogens is 2. The minimum Gasteiger partial charge on any atom is -0.338 e. The number of hydrogen-bond donors (Lipinski definition) is 1. The number of rotatable bonds is 4. The van der Waals surface area contributed by atoms with Gasteiger partial charge in [0, 0.05) is 36.8 Å². The predicted octanol–water partition coefficient (Wildman–Crippen LogP) is 1.95. The van der Waals surface area contributed by atoms with Crippen LogP contribution in [0.3, 0.4) is 0 Å². The third-order valence-electron chi connectivity index (χ3n) is 4.00. The Hall–Kier alpha value is -1.67. The number of benzene rings is 1. The van der Waals surface area contributed by atoms with Crippen molar-refractivity contribution >= 4 is 29.9 Å². The molecule has 2 heterocycles. The fourth-order valence-electron chi connectivity index (χ4n) is 2.77. The first kappa shape index (κ1) is 19.7. The van der Waals surface area contributed by atoms with E-state index in [4.69, 9.17) is 21.9 Å². The number of nitrogens with zero attached hydrogens (tertiary/aromatic N) is 4. The van der Waals surface area contributed by atoms with E-state index in [1.165, 1.54) is 0 Å². The zero-order valence-corrected chi connectivity index (χ0v) is 15.3. The van der Waals surface area contributed by atoms with E-state index >= 15 is 0 Å². The van der Waals surface area contributed by atoms with E-state index in [9.17, 15) is 4.79 Å². The van der Waals surface area contributed by atoms with Crippen LogP contribution in [0.1, 0.15) is 28.5 Å². The van der Waals surface area contributed by atoms with Gasteiger partial charge in [-0.05, 0) is 24.6 Å². The van der Waals surface area contributed by atoms with E-state index in [0.29, 0.717) is 35.4 Å². The standard InChI is InChI=1S/C16H20ClN5O2.ClH/c17-13-4-1-3-12(9-13)16(23)22-6-2-5-21(7-8-22)11-14-19-15(10-18)24-20-14;/h1,3-4,9H,2,5-8,10-11,18H2;1H. The van der Waals surface area contributed by atoms with Crippen LogP contribution >= 0.6 is 24.0 Å². The maximum Gasteiger partial charge on any atom is 0.253 e. The van der Waals surface area contributed by atoms with Gasteiger partial charge in [0.15, 0.2) is 5.82 Å². The average Bonchev–Trinajstić information content (AvgIpc) is 2.91. The maximum atomic E-state index is 12.6. The second-order valence-corrected chi connectivity index (χ2v) is 6.18. The highest BCUT2D eigenvalue weighted by Gasteiger charge is 2.21. The van der Waals surface area contributed by atoms with Gasteiger partial charge in [-0.25, -0.2) is 0 Å². The molecule has 0 unspecified atom stereocenters. The third kappa shape index (κ3) is 5.15. The molecule has 0 radical (unpaired) electrons. The molecule has 7 nitrogen and oxygen atoms in total. The Bertz CT molecular complexity index is 709. The Labute approximate surface area is 157 Å². The summed E-state index contributed by atoms with van der Waals surface area (Å²) >= 11 is 5.98. The number of carbonyl (C=O) groups excluding carboxylic acids is 1.